The second-order valence-corrected chi connectivity index (χ2v) is 11.0. The Kier molecular flexibility index (Phi) is 5.54. The third-order valence-corrected chi connectivity index (χ3v) is 7.37. The van der Waals surface area contributed by atoms with Crippen molar-refractivity contribution in [2.24, 2.45) is 0 Å². The fraction of sp³-hybridized carbons (Fsp3) is 0.316. The lowest BCUT2D eigenvalue weighted by molar-refractivity contribution is 0.602. The maximum absolute atomic E-state index is 11.7. The van der Waals surface area contributed by atoms with E-state index in [4.69, 9.17) is 11.6 Å². The summed E-state index contributed by atoms with van der Waals surface area (Å²) in [6, 6.07) is 12.5. The van der Waals surface area contributed by atoms with Gasteiger partial charge in [0.1, 0.15) is 0 Å². The number of nitrogens with zero attached hydrogens (tertiary/aromatic N) is 5. The number of halogens is 1. The molecule has 0 amide bonds. The Morgan fingerprint density at radius 2 is 1.97 bits per heavy atom. The number of hydrogen-bond donors (Lipinski definition) is 0. The van der Waals surface area contributed by atoms with Crippen molar-refractivity contribution < 1.29 is 8.42 Å². The van der Waals surface area contributed by atoms with Crippen LogP contribution in [0.1, 0.15) is 19.2 Å². The number of aromatic nitrogens is 4. The third-order valence-electron chi connectivity index (χ3n) is 4.77. The van der Waals surface area contributed by atoms with E-state index >= 15 is 0 Å². The molecule has 0 fully saturated rings. The maximum atomic E-state index is 11.7. The summed E-state index contributed by atoms with van der Waals surface area (Å²) >= 11 is 8.11. The molecule has 1 aromatic heterocycles. The summed E-state index contributed by atoms with van der Waals surface area (Å²) in [4.78, 5) is 3.69. The quantitative estimate of drug-likeness (QED) is 0.601. The summed E-state index contributed by atoms with van der Waals surface area (Å²) in [5.41, 5.74) is 1.79. The molecule has 0 radical (unpaired) electrons. The van der Waals surface area contributed by atoms with Gasteiger partial charge in [-0.1, -0.05) is 18.5 Å². The number of sulfone groups is 1. The number of fused-ring (bicyclic) bond motifs is 1. The zero-order valence-corrected chi connectivity index (χ0v) is 18.4. The van der Waals surface area contributed by atoms with E-state index < -0.39 is 9.84 Å². The first-order valence-corrected chi connectivity index (χ1v) is 12.2. The molecule has 0 spiro atoms. The van der Waals surface area contributed by atoms with Crippen LogP contribution in [0.5, 0.6) is 0 Å². The Bertz CT molecular complexity index is 1130. The standard InChI is InChI=1S/C19H20ClN5O2S2/c1-13-9-10-24(17-11-14(20)3-8-18(17)28-13)12-19-21-22-23-25(19)15-4-6-16(7-5-15)29(2,26)27/h3-8,11,13H,9-10,12H2,1-2H3. The minimum Gasteiger partial charge on any atom is -0.363 e. The highest BCUT2D eigenvalue weighted by Crippen LogP contribution is 2.39. The Morgan fingerprint density at radius 1 is 1.21 bits per heavy atom. The van der Waals surface area contributed by atoms with E-state index in [1.165, 1.54) is 11.2 Å². The first-order valence-electron chi connectivity index (χ1n) is 9.10. The smallest absolute Gasteiger partial charge is 0.175 e. The van der Waals surface area contributed by atoms with Crippen LogP contribution < -0.4 is 4.90 Å². The largest absolute Gasteiger partial charge is 0.363 e. The normalized spacial score (nSPS) is 17.1. The minimum atomic E-state index is -3.25. The summed E-state index contributed by atoms with van der Waals surface area (Å²) in [6.45, 7) is 3.60. The van der Waals surface area contributed by atoms with Crippen molar-refractivity contribution in [3.8, 4) is 5.69 Å². The molecule has 7 nitrogen and oxygen atoms in total. The van der Waals surface area contributed by atoms with Crippen molar-refractivity contribution in [3.63, 3.8) is 0 Å². The molecule has 0 saturated heterocycles. The fourth-order valence-corrected chi connectivity index (χ4v) is 5.15. The lowest BCUT2D eigenvalue weighted by Gasteiger charge is -2.24. The van der Waals surface area contributed by atoms with Crippen LogP contribution in [0.15, 0.2) is 52.3 Å². The molecule has 1 atom stereocenters. The Balaban J connectivity index is 1.65. The molecule has 152 valence electrons. The lowest BCUT2D eigenvalue weighted by atomic mass is 10.2. The average Bonchev–Trinajstić information content (AvgIpc) is 3.08. The topological polar surface area (TPSA) is 81.0 Å². The van der Waals surface area contributed by atoms with Crippen molar-refractivity contribution >= 4 is 38.9 Å². The molecule has 0 N–H and O–H groups in total. The van der Waals surface area contributed by atoms with Gasteiger partial charge in [0.05, 0.1) is 22.8 Å². The van der Waals surface area contributed by atoms with E-state index in [-0.39, 0.29) is 4.90 Å². The molecular weight excluding hydrogens is 430 g/mol. The molecule has 1 aliphatic rings. The van der Waals surface area contributed by atoms with Crippen LogP contribution in [0, 0.1) is 0 Å². The lowest BCUT2D eigenvalue weighted by Crippen LogP contribution is -2.26. The van der Waals surface area contributed by atoms with Gasteiger partial charge in [-0.2, -0.15) is 4.68 Å². The first kappa shape index (κ1) is 20.2. The van der Waals surface area contributed by atoms with Crippen molar-refractivity contribution in [2.75, 3.05) is 17.7 Å². The Labute approximate surface area is 179 Å². The zero-order valence-electron chi connectivity index (χ0n) is 16.0. The SMILES string of the molecule is CC1CCN(Cc2nnnn2-c2ccc(S(C)(=O)=O)cc2)c2cc(Cl)ccc2S1. The summed E-state index contributed by atoms with van der Waals surface area (Å²) in [5.74, 6) is 0.669. The summed E-state index contributed by atoms with van der Waals surface area (Å²) < 4.78 is 25.0. The molecule has 4 rings (SSSR count). The van der Waals surface area contributed by atoms with E-state index in [1.807, 2.05) is 23.9 Å². The van der Waals surface area contributed by atoms with Crippen molar-refractivity contribution in [1.82, 2.24) is 20.2 Å². The van der Waals surface area contributed by atoms with E-state index in [9.17, 15) is 8.42 Å². The molecule has 29 heavy (non-hydrogen) atoms. The van der Waals surface area contributed by atoms with E-state index in [1.54, 1.807) is 28.9 Å². The van der Waals surface area contributed by atoms with Crippen LogP contribution in [0.25, 0.3) is 5.69 Å². The van der Waals surface area contributed by atoms with Gasteiger partial charge in [-0.05, 0) is 59.3 Å². The monoisotopic (exact) mass is 449 g/mol. The maximum Gasteiger partial charge on any atom is 0.175 e. The van der Waals surface area contributed by atoms with Crippen LogP contribution in [-0.2, 0) is 16.4 Å². The highest BCUT2D eigenvalue weighted by Gasteiger charge is 2.22. The number of tetrazole rings is 1. The summed E-state index contributed by atoms with van der Waals surface area (Å²) in [7, 11) is -3.25. The highest BCUT2D eigenvalue weighted by atomic mass is 35.5. The average molecular weight is 450 g/mol. The van der Waals surface area contributed by atoms with Gasteiger partial charge in [0.2, 0.25) is 0 Å². The third kappa shape index (κ3) is 4.41. The van der Waals surface area contributed by atoms with Gasteiger partial charge in [-0.15, -0.1) is 16.9 Å². The van der Waals surface area contributed by atoms with Gasteiger partial charge in [0.25, 0.3) is 0 Å². The second-order valence-electron chi connectivity index (χ2n) is 7.02. The van der Waals surface area contributed by atoms with Gasteiger partial charge in [0, 0.05) is 28.0 Å². The number of thioether (sulfide) groups is 1. The summed E-state index contributed by atoms with van der Waals surface area (Å²) in [6.07, 6.45) is 2.22. The van der Waals surface area contributed by atoms with Crippen LogP contribution in [0.3, 0.4) is 0 Å². The van der Waals surface area contributed by atoms with Crippen LogP contribution in [0.4, 0.5) is 5.69 Å². The fourth-order valence-electron chi connectivity index (χ4n) is 3.25. The number of benzene rings is 2. The molecular formula is C19H20ClN5O2S2. The van der Waals surface area contributed by atoms with Crippen molar-refractivity contribution in [2.45, 2.75) is 34.9 Å². The van der Waals surface area contributed by atoms with Gasteiger partial charge in [-0.3, -0.25) is 0 Å². The molecule has 0 aliphatic carbocycles. The number of rotatable bonds is 4. The van der Waals surface area contributed by atoms with E-state index in [0.29, 0.717) is 28.3 Å². The molecule has 0 bridgehead atoms. The van der Waals surface area contributed by atoms with Gasteiger partial charge in [0.15, 0.2) is 15.7 Å². The zero-order chi connectivity index (χ0) is 20.6. The van der Waals surface area contributed by atoms with Crippen molar-refractivity contribution in [3.05, 3.63) is 53.3 Å². The van der Waals surface area contributed by atoms with E-state index in [0.717, 1.165) is 18.7 Å². The number of hydrogen-bond acceptors (Lipinski definition) is 7. The number of anilines is 1. The molecule has 1 aliphatic heterocycles. The predicted molar refractivity (Wildman–Crippen MR) is 115 cm³/mol. The second kappa shape index (κ2) is 7.97. The van der Waals surface area contributed by atoms with E-state index in [2.05, 4.69) is 33.4 Å². The highest BCUT2D eigenvalue weighted by molar-refractivity contribution is 8.00. The molecule has 0 saturated carbocycles. The summed E-state index contributed by atoms with van der Waals surface area (Å²) in [5, 5.41) is 13.3. The minimum absolute atomic E-state index is 0.262. The van der Waals surface area contributed by atoms with Crippen LogP contribution in [0.2, 0.25) is 5.02 Å². The van der Waals surface area contributed by atoms with Crippen molar-refractivity contribution in [1.29, 1.82) is 0 Å². The molecule has 2 heterocycles. The van der Waals surface area contributed by atoms with Gasteiger partial charge >= 0.3 is 0 Å². The Morgan fingerprint density at radius 3 is 2.69 bits per heavy atom. The first-order chi connectivity index (χ1) is 13.8. The molecule has 10 heteroatoms. The molecule has 2 aromatic carbocycles. The van der Waals surface area contributed by atoms with Crippen LogP contribution in [-0.4, -0.2) is 46.7 Å². The van der Waals surface area contributed by atoms with Gasteiger partial charge in [-0.25, -0.2) is 8.42 Å². The predicted octanol–water partition coefficient (Wildman–Crippen LogP) is 3.61. The van der Waals surface area contributed by atoms with Gasteiger partial charge < -0.3 is 4.90 Å². The molecule has 1 unspecified atom stereocenters. The van der Waals surface area contributed by atoms with Crippen LogP contribution >= 0.6 is 23.4 Å². The molecule has 3 aromatic rings. The Hall–Kier alpha value is -2.10.